The summed E-state index contributed by atoms with van der Waals surface area (Å²) in [6.07, 6.45) is 4.42. The molecule has 1 saturated carbocycles. The van der Waals surface area contributed by atoms with E-state index in [0.29, 0.717) is 0 Å². The number of carbonyl (C=O) groups excluding carboxylic acids is 1. The number of nitrogens with zero attached hydrogens (tertiary/aromatic N) is 1. The van der Waals surface area contributed by atoms with Gasteiger partial charge >= 0.3 is 0 Å². The Morgan fingerprint density at radius 1 is 1.30 bits per heavy atom. The van der Waals surface area contributed by atoms with Crippen LogP contribution < -0.4 is 11.1 Å². The van der Waals surface area contributed by atoms with Crippen LogP contribution >= 0.6 is 11.3 Å². The fraction of sp³-hybridized carbons (Fsp3) is 0.333. The first-order chi connectivity index (χ1) is 9.72. The summed E-state index contributed by atoms with van der Waals surface area (Å²) in [5.41, 5.74) is 7.74. The van der Waals surface area contributed by atoms with Gasteiger partial charge in [0.15, 0.2) is 0 Å². The van der Waals surface area contributed by atoms with Crippen molar-refractivity contribution in [3.05, 3.63) is 35.8 Å². The summed E-state index contributed by atoms with van der Waals surface area (Å²) in [7, 11) is 0. The van der Waals surface area contributed by atoms with Gasteiger partial charge in [-0.05, 0) is 43.5 Å². The largest absolute Gasteiger partial charge is 0.328 e. The van der Waals surface area contributed by atoms with E-state index in [2.05, 4.69) is 10.3 Å². The lowest BCUT2D eigenvalue weighted by Crippen LogP contribution is -2.23. The van der Waals surface area contributed by atoms with Crippen molar-refractivity contribution in [2.24, 2.45) is 11.7 Å². The SMILES string of the molecule is NC1CCC(C(=O)Nc2ccc(-c3nccs3)cc2)C1. The second kappa shape index (κ2) is 5.73. The third-order valence-corrected chi connectivity index (χ3v) is 4.50. The molecule has 1 aromatic heterocycles. The topological polar surface area (TPSA) is 68.0 Å². The van der Waals surface area contributed by atoms with Gasteiger partial charge in [-0.15, -0.1) is 11.3 Å². The minimum atomic E-state index is 0.0589. The van der Waals surface area contributed by atoms with Crippen LogP contribution in [-0.2, 0) is 4.79 Å². The van der Waals surface area contributed by atoms with E-state index in [1.807, 2.05) is 29.6 Å². The molecule has 1 aromatic carbocycles. The molecule has 104 valence electrons. The van der Waals surface area contributed by atoms with Crippen molar-refractivity contribution < 1.29 is 4.79 Å². The van der Waals surface area contributed by atoms with E-state index >= 15 is 0 Å². The number of amides is 1. The zero-order chi connectivity index (χ0) is 13.9. The van der Waals surface area contributed by atoms with Crippen molar-refractivity contribution in [2.45, 2.75) is 25.3 Å². The second-order valence-electron chi connectivity index (χ2n) is 5.17. The van der Waals surface area contributed by atoms with Gasteiger partial charge in [-0.1, -0.05) is 0 Å². The molecule has 2 unspecified atom stereocenters. The summed E-state index contributed by atoms with van der Waals surface area (Å²) in [6.45, 7) is 0. The van der Waals surface area contributed by atoms with Gasteiger partial charge in [0.1, 0.15) is 5.01 Å². The highest BCUT2D eigenvalue weighted by atomic mass is 32.1. The Morgan fingerprint density at radius 3 is 2.70 bits per heavy atom. The molecule has 4 nitrogen and oxygen atoms in total. The first-order valence-electron chi connectivity index (χ1n) is 6.79. The van der Waals surface area contributed by atoms with Gasteiger partial charge in [-0.2, -0.15) is 0 Å². The predicted molar refractivity (Wildman–Crippen MR) is 81.5 cm³/mol. The molecule has 1 aliphatic rings. The standard InChI is InChI=1S/C15H17N3OS/c16-12-4-1-11(9-12)14(19)18-13-5-2-10(3-6-13)15-17-7-8-20-15/h2-3,5-8,11-12H,1,4,9,16H2,(H,18,19). The Hall–Kier alpha value is -1.72. The Morgan fingerprint density at radius 2 is 2.10 bits per heavy atom. The molecule has 0 aliphatic heterocycles. The summed E-state index contributed by atoms with van der Waals surface area (Å²) in [6, 6.07) is 7.98. The summed E-state index contributed by atoms with van der Waals surface area (Å²) >= 11 is 1.60. The van der Waals surface area contributed by atoms with Gasteiger partial charge in [0.25, 0.3) is 0 Å². The van der Waals surface area contributed by atoms with Crippen molar-refractivity contribution >= 4 is 22.9 Å². The van der Waals surface area contributed by atoms with Crippen molar-refractivity contribution in [3.8, 4) is 10.6 Å². The van der Waals surface area contributed by atoms with Crippen LogP contribution in [0.15, 0.2) is 35.8 Å². The van der Waals surface area contributed by atoms with Crippen LogP contribution in [0.5, 0.6) is 0 Å². The van der Waals surface area contributed by atoms with Crippen LogP contribution in [0, 0.1) is 5.92 Å². The van der Waals surface area contributed by atoms with Gasteiger partial charge in [0, 0.05) is 34.8 Å². The quantitative estimate of drug-likeness (QED) is 0.912. The monoisotopic (exact) mass is 287 g/mol. The van der Waals surface area contributed by atoms with Crippen LogP contribution in [0.2, 0.25) is 0 Å². The molecule has 0 spiro atoms. The van der Waals surface area contributed by atoms with E-state index in [0.717, 1.165) is 35.5 Å². The highest BCUT2D eigenvalue weighted by molar-refractivity contribution is 7.13. The zero-order valence-electron chi connectivity index (χ0n) is 11.1. The molecule has 1 aliphatic carbocycles. The molecular weight excluding hydrogens is 270 g/mol. The van der Waals surface area contributed by atoms with Gasteiger partial charge in [-0.3, -0.25) is 4.79 Å². The molecule has 1 amide bonds. The van der Waals surface area contributed by atoms with Crippen LogP contribution in [0.1, 0.15) is 19.3 Å². The summed E-state index contributed by atoms with van der Waals surface area (Å²) in [5.74, 6) is 0.142. The molecule has 2 aromatic rings. The van der Waals surface area contributed by atoms with Crippen molar-refractivity contribution in [2.75, 3.05) is 5.32 Å². The molecule has 3 N–H and O–H groups in total. The number of nitrogens with one attached hydrogen (secondary N) is 1. The Balaban J connectivity index is 1.65. The number of carbonyl (C=O) groups is 1. The molecular formula is C15H17N3OS. The van der Waals surface area contributed by atoms with Crippen molar-refractivity contribution in [1.82, 2.24) is 4.98 Å². The van der Waals surface area contributed by atoms with Crippen molar-refractivity contribution in [1.29, 1.82) is 0 Å². The lowest BCUT2D eigenvalue weighted by Gasteiger charge is -2.11. The van der Waals surface area contributed by atoms with Crippen LogP contribution in [0.4, 0.5) is 5.69 Å². The predicted octanol–water partition coefficient (Wildman–Crippen LogP) is 2.88. The number of hydrogen-bond donors (Lipinski definition) is 2. The third-order valence-electron chi connectivity index (χ3n) is 3.68. The Kier molecular flexibility index (Phi) is 3.80. The normalized spacial score (nSPS) is 21.9. The van der Waals surface area contributed by atoms with E-state index < -0.39 is 0 Å². The van der Waals surface area contributed by atoms with E-state index in [4.69, 9.17) is 5.73 Å². The summed E-state index contributed by atoms with van der Waals surface area (Å²) in [4.78, 5) is 16.4. The van der Waals surface area contributed by atoms with E-state index in [9.17, 15) is 4.79 Å². The van der Waals surface area contributed by atoms with E-state index in [-0.39, 0.29) is 17.9 Å². The fourth-order valence-corrected chi connectivity index (χ4v) is 3.21. The average Bonchev–Trinajstić information content (AvgIpc) is 3.10. The number of benzene rings is 1. The first kappa shape index (κ1) is 13.3. The highest BCUT2D eigenvalue weighted by Crippen LogP contribution is 2.27. The number of nitrogens with two attached hydrogens (primary N) is 1. The molecule has 2 atom stereocenters. The molecule has 3 rings (SSSR count). The lowest BCUT2D eigenvalue weighted by molar-refractivity contribution is -0.119. The average molecular weight is 287 g/mol. The maximum absolute atomic E-state index is 12.1. The molecule has 1 heterocycles. The number of aromatic nitrogens is 1. The highest BCUT2D eigenvalue weighted by Gasteiger charge is 2.27. The smallest absolute Gasteiger partial charge is 0.227 e. The minimum absolute atomic E-state index is 0.0589. The van der Waals surface area contributed by atoms with Gasteiger partial charge in [0.05, 0.1) is 0 Å². The molecule has 0 bridgehead atoms. The molecule has 1 fully saturated rings. The summed E-state index contributed by atoms with van der Waals surface area (Å²) in [5, 5.41) is 5.91. The Bertz CT molecular complexity index is 580. The Labute approximate surface area is 122 Å². The van der Waals surface area contributed by atoms with Crippen LogP contribution in [0.3, 0.4) is 0 Å². The van der Waals surface area contributed by atoms with Gasteiger partial charge in [0.2, 0.25) is 5.91 Å². The molecule has 5 heteroatoms. The van der Waals surface area contributed by atoms with Crippen LogP contribution in [-0.4, -0.2) is 16.9 Å². The van der Waals surface area contributed by atoms with E-state index in [1.165, 1.54) is 0 Å². The minimum Gasteiger partial charge on any atom is -0.328 e. The number of anilines is 1. The van der Waals surface area contributed by atoms with Gasteiger partial charge in [-0.25, -0.2) is 4.98 Å². The lowest BCUT2D eigenvalue weighted by atomic mass is 10.1. The fourth-order valence-electron chi connectivity index (χ4n) is 2.56. The maximum atomic E-state index is 12.1. The van der Waals surface area contributed by atoms with Crippen LogP contribution in [0.25, 0.3) is 10.6 Å². The second-order valence-corrected chi connectivity index (χ2v) is 6.07. The first-order valence-corrected chi connectivity index (χ1v) is 7.67. The molecule has 20 heavy (non-hydrogen) atoms. The van der Waals surface area contributed by atoms with E-state index in [1.54, 1.807) is 17.5 Å². The number of rotatable bonds is 3. The van der Waals surface area contributed by atoms with Crippen molar-refractivity contribution in [3.63, 3.8) is 0 Å². The number of thiazole rings is 1. The molecule has 0 saturated heterocycles. The van der Waals surface area contributed by atoms with Gasteiger partial charge < -0.3 is 11.1 Å². The zero-order valence-corrected chi connectivity index (χ0v) is 11.9. The summed E-state index contributed by atoms with van der Waals surface area (Å²) < 4.78 is 0. The molecule has 0 radical (unpaired) electrons. The number of hydrogen-bond acceptors (Lipinski definition) is 4. The maximum Gasteiger partial charge on any atom is 0.227 e. The third kappa shape index (κ3) is 2.89.